The van der Waals surface area contributed by atoms with Crippen molar-refractivity contribution in [2.24, 2.45) is 0 Å². The lowest BCUT2D eigenvalue weighted by Crippen LogP contribution is -2.46. The van der Waals surface area contributed by atoms with E-state index in [1.165, 1.54) is 21.3 Å². The van der Waals surface area contributed by atoms with Gasteiger partial charge in [-0.15, -0.1) is 0 Å². The largest absolute Gasteiger partial charge is 0.707 e. The highest BCUT2D eigenvalue weighted by atomic mass is 28.4. The van der Waals surface area contributed by atoms with Gasteiger partial charge in [-0.1, -0.05) is 0 Å². The van der Waals surface area contributed by atoms with E-state index in [-0.39, 0.29) is 0 Å². The van der Waals surface area contributed by atoms with Crippen LogP contribution in [0.1, 0.15) is 6.92 Å². The van der Waals surface area contributed by atoms with Gasteiger partial charge in [0.15, 0.2) is 0 Å². The summed E-state index contributed by atoms with van der Waals surface area (Å²) in [5, 5.41) is 0. The van der Waals surface area contributed by atoms with Crippen LogP contribution in [0.3, 0.4) is 0 Å². The van der Waals surface area contributed by atoms with Crippen LogP contribution in [0.5, 0.6) is 0 Å². The van der Waals surface area contributed by atoms with E-state index in [0.717, 1.165) is 0 Å². The zero-order chi connectivity index (χ0) is 8.74. The van der Waals surface area contributed by atoms with Crippen molar-refractivity contribution < 1.29 is 22.7 Å². The second-order valence-electron chi connectivity index (χ2n) is 1.60. The molecule has 11 heavy (non-hydrogen) atoms. The van der Waals surface area contributed by atoms with Gasteiger partial charge in [-0.05, 0) is 6.92 Å². The van der Waals surface area contributed by atoms with Crippen LogP contribution in [-0.2, 0) is 22.7 Å². The average molecular weight is 182 g/mol. The molecule has 0 saturated heterocycles. The summed E-state index contributed by atoms with van der Waals surface area (Å²) in [5.74, 6) is 0. The van der Waals surface area contributed by atoms with Crippen LogP contribution >= 0.6 is 0 Å². The lowest BCUT2D eigenvalue weighted by atomic mass is 10.9. The number of hydrogen-bond donors (Lipinski definition) is 0. The fourth-order valence-electron chi connectivity index (χ4n) is 0.483. The summed E-state index contributed by atoms with van der Waals surface area (Å²) in [7, 11) is 1.37. The van der Waals surface area contributed by atoms with Crippen LogP contribution in [0.4, 0.5) is 0 Å². The van der Waals surface area contributed by atoms with E-state index in [9.17, 15) is 0 Å². The molecule has 6 heteroatoms. The summed E-state index contributed by atoms with van der Waals surface area (Å²) in [6.07, 6.45) is 0. The fraction of sp³-hybridized carbons (Fsp3) is 1.00. The van der Waals surface area contributed by atoms with Crippen molar-refractivity contribution >= 4 is 9.05 Å². The molecule has 0 aromatic rings. The molecule has 0 fully saturated rings. The molecule has 0 N–H and O–H groups in total. The third-order valence-corrected chi connectivity index (χ3v) is 2.85. The third kappa shape index (κ3) is 3.28. The highest BCUT2D eigenvalue weighted by Gasteiger charge is 2.44. The lowest BCUT2D eigenvalue weighted by Gasteiger charge is -2.20. The van der Waals surface area contributed by atoms with Gasteiger partial charge in [0.05, 0.1) is 6.61 Å². The van der Waals surface area contributed by atoms with Gasteiger partial charge in [-0.3, -0.25) is 0 Å². The summed E-state index contributed by atoms with van der Waals surface area (Å²) < 4.78 is 19.5. The fourth-order valence-corrected chi connectivity index (χ4v) is 1.45. The second kappa shape index (κ2) is 5.64. The van der Waals surface area contributed by atoms with Crippen LogP contribution in [0, 0.1) is 0 Å². The van der Waals surface area contributed by atoms with Gasteiger partial charge in [0, 0.05) is 21.3 Å². The lowest BCUT2D eigenvalue weighted by molar-refractivity contribution is -0.265. The van der Waals surface area contributed by atoms with Gasteiger partial charge in [0.1, 0.15) is 0 Å². The van der Waals surface area contributed by atoms with Crippen molar-refractivity contribution in [3.05, 3.63) is 0 Å². The molecular formula is C5H14O5Si. The highest BCUT2D eigenvalue weighted by Crippen LogP contribution is 2.07. The summed E-state index contributed by atoms with van der Waals surface area (Å²) in [5.41, 5.74) is 0. The first-order chi connectivity index (χ1) is 5.24. The van der Waals surface area contributed by atoms with Crippen molar-refractivity contribution in [1.82, 2.24) is 0 Å². The molecule has 0 bridgehead atoms. The van der Waals surface area contributed by atoms with Gasteiger partial charge >= 0.3 is 9.05 Å². The highest BCUT2D eigenvalue weighted by molar-refractivity contribution is 6.53. The third-order valence-electron chi connectivity index (χ3n) is 1.03. The zero-order valence-electron chi connectivity index (χ0n) is 7.25. The van der Waals surface area contributed by atoms with Crippen LogP contribution < -0.4 is 0 Å². The minimum atomic E-state index is -2.96. The van der Waals surface area contributed by atoms with E-state index in [1.807, 2.05) is 0 Å². The predicted molar refractivity (Wildman–Crippen MR) is 39.5 cm³/mol. The molecule has 0 unspecified atom stereocenters. The topological polar surface area (TPSA) is 46.2 Å². The Kier molecular flexibility index (Phi) is 5.65. The van der Waals surface area contributed by atoms with Crippen LogP contribution in [0.15, 0.2) is 0 Å². The Morgan fingerprint density at radius 3 is 1.73 bits per heavy atom. The molecular weight excluding hydrogens is 168 g/mol. The van der Waals surface area contributed by atoms with Gasteiger partial charge in [0.25, 0.3) is 0 Å². The quantitative estimate of drug-likeness (QED) is 0.336. The Labute approximate surface area is 67.6 Å². The summed E-state index contributed by atoms with van der Waals surface area (Å²) in [6.45, 7) is 2.21. The first-order valence-electron chi connectivity index (χ1n) is 3.20. The Morgan fingerprint density at radius 1 is 1.00 bits per heavy atom. The Hall–Kier alpha value is 0.0169. The molecule has 0 radical (unpaired) electrons. The van der Waals surface area contributed by atoms with Gasteiger partial charge < -0.3 is 13.3 Å². The van der Waals surface area contributed by atoms with Gasteiger partial charge in [-0.2, -0.15) is 4.58 Å². The molecule has 5 nitrogen and oxygen atoms in total. The number of rotatable bonds is 6. The molecule has 0 aliphatic rings. The summed E-state index contributed by atoms with van der Waals surface area (Å²) in [4.78, 5) is 4.66. The normalized spacial score (nSPS) is 12.0. The summed E-state index contributed by atoms with van der Waals surface area (Å²) in [6, 6.07) is 0. The van der Waals surface area contributed by atoms with E-state index >= 15 is 0 Å². The van der Waals surface area contributed by atoms with Crippen LogP contribution in [-0.4, -0.2) is 37.0 Å². The smallest absolute Gasteiger partial charge is 0.353 e. The molecule has 0 heterocycles. The minimum Gasteiger partial charge on any atom is -0.353 e. The maximum Gasteiger partial charge on any atom is 0.707 e. The van der Waals surface area contributed by atoms with Crippen molar-refractivity contribution in [3.63, 3.8) is 0 Å². The van der Waals surface area contributed by atoms with Crippen LogP contribution in [0.25, 0.3) is 0 Å². The standard InChI is InChI=1S/C5H14O5Si/c1-5-9-10-11(6-2,7-3)8-4/h5H2,1-4H3. The predicted octanol–water partition coefficient (Wildman–Crippen LogP) is 0.329. The first kappa shape index (κ1) is 11.0. The maximum absolute atomic E-state index is 4.89. The van der Waals surface area contributed by atoms with Crippen molar-refractivity contribution in [2.75, 3.05) is 27.9 Å². The average Bonchev–Trinajstić information content (AvgIpc) is 2.08. The molecule has 0 amide bonds. The molecule has 0 spiro atoms. The minimum absolute atomic E-state index is 0.421. The summed E-state index contributed by atoms with van der Waals surface area (Å²) >= 11 is 0. The number of hydrogen-bond acceptors (Lipinski definition) is 5. The molecule has 0 aromatic heterocycles. The Bertz CT molecular complexity index is 86.6. The van der Waals surface area contributed by atoms with E-state index < -0.39 is 9.05 Å². The van der Waals surface area contributed by atoms with E-state index in [4.69, 9.17) is 17.9 Å². The van der Waals surface area contributed by atoms with E-state index in [2.05, 4.69) is 4.89 Å². The molecule has 0 aromatic carbocycles. The first-order valence-corrected chi connectivity index (χ1v) is 4.84. The molecule has 0 rings (SSSR count). The Balaban J connectivity index is 3.84. The Morgan fingerprint density at radius 2 is 1.45 bits per heavy atom. The van der Waals surface area contributed by atoms with E-state index in [0.29, 0.717) is 6.61 Å². The van der Waals surface area contributed by atoms with Crippen molar-refractivity contribution in [3.8, 4) is 0 Å². The SMILES string of the molecule is CCOO[Si](OC)(OC)OC. The van der Waals surface area contributed by atoms with Crippen LogP contribution in [0.2, 0.25) is 0 Å². The maximum atomic E-state index is 4.89. The second-order valence-corrected chi connectivity index (χ2v) is 3.99. The van der Waals surface area contributed by atoms with Crippen molar-refractivity contribution in [1.29, 1.82) is 0 Å². The van der Waals surface area contributed by atoms with E-state index in [1.54, 1.807) is 6.92 Å². The molecule has 0 aliphatic heterocycles. The zero-order valence-corrected chi connectivity index (χ0v) is 8.25. The van der Waals surface area contributed by atoms with Gasteiger partial charge in [0.2, 0.25) is 0 Å². The molecule has 0 aliphatic carbocycles. The molecule has 0 atom stereocenters. The monoisotopic (exact) mass is 182 g/mol. The van der Waals surface area contributed by atoms with Crippen molar-refractivity contribution in [2.45, 2.75) is 6.92 Å². The molecule has 68 valence electrons. The van der Waals surface area contributed by atoms with Gasteiger partial charge in [-0.25, -0.2) is 4.89 Å². The molecule has 0 saturated carbocycles.